The van der Waals surface area contributed by atoms with Crippen LogP contribution in [0.15, 0.2) is 36.4 Å². The molecule has 3 aromatic rings. The van der Waals surface area contributed by atoms with E-state index < -0.39 is 5.41 Å². The third-order valence-corrected chi connectivity index (χ3v) is 6.68. The fourth-order valence-corrected chi connectivity index (χ4v) is 4.97. The van der Waals surface area contributed by atoms with Crippen LogP contribution in [0.2, 0.25) is 0 Å². The van der Waals surface area contributed by atoms with Gasteiger partial charge in [-0.05, 0) is 83.2 Å². The predicted molar refractivity (Wildman–Crippen MR) is 136 cm³/mol. The number of fused-ring (bicyclic) bond motifs is 4. The first-order valence-corrected chi connectivity index (χ1v) is 12.4. The summed E-state index contributed by atoms with van der Waals surface area (Å²) in [7, 11) is 0. The lowest BCUT2D eigenvalue weighted by Gasteiger charge is -2.31. The van der Waals surface area contributed by atoms with E-state index in [9.17, 15) is 9.59 Å². The van der Waals surface area contributed by atoms with Gasteiger partial charge in [0.05, 0.1) is 34.6 Å². The number of nitrogens with zero attached hydrogens (tertiary/aromatic N) is 2. The Labute approximate surface area is 207 Å². The summed E-state index contributed by atoms with van der Waals surface area (Å²) in [6.45, 7) is 11.5. The van der Waals surface area contributed by atoms with Crippen LogP contribution in [0.1, 0.15) is 75.8 Å². The summed E-state index contributed by atoms with van der Waals surface area (Å²) < 4.78 is 10.9. The Balaban J connectivity index is 1.85. The Morgan fingerprint density at radius 1 is 0.829 bits per heavy atom. The summed E-state index contributed by atoms with van der Waals surface area (Å²) in [6, 6.07) is 12.2. The first kappa shape index (κ1) is 24.8. The Bertz CT molecular complexity index is 1250. The van der Waals surface area contributed by atoms with Crippen LogP contribution in [-0.2, 0) is 24.5 Å². The van der Waals surface area contributed by atoms with Crippen LogP contribution in [-0.4, -0.2) is 34.1 Å². The Morgan fingerprint density at radius 3 is 1.89 bits per heavy atom. The number of esters is 2. The molecule has 184 valence electrons. The molecule has 0 aliphatic heterocycles. The highest BCUT2D eigenvalue weighted by Gasteiger charge is 2.46. The van der Waals surface area contributed by atoms with Gasteiger partial charge in [-0.1, -0.05) is 24.3 Å². The third kappa shape index (κ3) is 4.93. The zero-order valence-electron chi connectivity index (χ0n) is 21.5. The van der Waals surface area contributed by atoms with E-state index in [0.717, 1.165) is 44.7 Å². The van der Waals surface area contributed by atoms with Crippen LogP contribution in [0.4, 0.5) is 0 Å². The fourth-order valence-electron chi connectivity index (χ4n) is 4.97. The van der Waals surface area contributed by atoms with Gasteiger partial charge in [-0.2, -0.15) is 0 Å². The predicted octanol–water partition coefficient (Wildman–Crippen LogP) is 5.98. The van der Waals surface area contributed by atoms with Crippen molar-refractivity contribution in [2.24, 2.45) is 0 Å². The molecular weight excluding hydrogens is 440 g/mol. The van der Waals surface area contributed by atoms with Crippen LogP contribution in [0.3, 0.4) is 0 Å². The first-order valence-electron chi connectivity index (χ1n) is 12.4. The van der Waals surface area contributed by atoms with Gasteiger partial charge in [-0.15, -0.1) is 0 Å². The zero-order chi connectivity index (χ0) is 25.3. The van der Waals surface area contributed by atoms with Crippen LogP contribution >= 0.6 is 0 Å². The molecule has 1 aromatic heterocycles. The van der Waals surface area contributed by atoms with Gasteiger partial charge in [0.2, 0.25) is 0 Å². The number of hydrogen-bond donors (Lipinski definition) is 0. The van der Waals surface area contributed by atoms with E-state index in [-0.39, 0.29) is 37.0 Å². The van der Waals surface area contributed by atoms with Gasteiger partial charge in [0.15, 0.2) is 0 Å². The highest BCUT2D eigenvalue weighted by molar-refractivity contribution is 5.85. The molecule has 0 saturated carbocycles. The Hall–Kier alpha value is -3.28. The maximum absolute atomic E-state index is 12.6. The van der Waals surface area contributed by atoms with Gasteiger partial charge < -0.3 is 9.47 Å². The lowest BCUT2D eigenvalue weighted by atomic mass is 9.73. The molecule has 0 saturated heterocycles. The Morgan fingerprint density at radius 2 is 1.34 bits per heavy atom. The summed E-state index contributed by atoms with van der Waals surface area (Å²) in [4.78, 5) is 35.4. The second kappa shape index (κ2) is 9.76. The summed E-state index contributed by atoms with van der Waals surface area (Å²) in [5.74, 6) is -0.509. The SMILES string of the molecule is Cc1cc2nc3c(nc2cc1C)C(CCC(=O)OC(C)C)(CCC(=O)OC(C)C)c1ccccc1-3. The number of ether oxygens (including phenoxy) is 2. The minimum Gasteiger partial charge on any atom is -0.463 e. The zero-order valence-corrected chi connectivity index (χ0v) is 21.5. The number of aromatic nitrogens is 2. The van der Waals surface area contributed by atoms with Crippen molar-refractivity contribution in [1.82, 2.24) is 9.97 Å². The topological polar surface area (TPSA) is 78.4 Å². The van der Waals surface area contributed by atoms with Gasteiger partial charge in [0.1, 0.15) is 0 Å². The summed E-state index contributed by atoms with van der Waals surface area (Å²) >= 11 is 0. The van der Waals surface area contributed by atoms with Crippen molar-refractivity contribution in [3.05, 3.63) is 58.8 Å². The molecule has 0 bridgehead atoms. The molecule has 6 heteroatoms. The normalized spacial score (nSPS) is 13.7. The molecule has 0 atom stereocenters. The van der Waals surface area contributed by atoms with E-state index >= 15 is 0 Å². The quantitative estimate of drug-likeness (QED) is 0.374. The molecule has 0 N–H and O–H groups in total. The molecular formula is C29H34N2O4. The molecule has 6 nitrogen and oxygen atoms in total. The van der Waals surface area contributed by atoms with Crippen molar-refractivity contribution in [2.75, 3.05) is 0 Å². The molecule has 1 heterocycles. The van der Waals surface area contributed by atoms with Crippen molar-refractivity contribution in [3.8, 4) is 11.3 Å². The van der Waals surface area contributed by atoms with Crippen molar-refractivity contribution in [1.29, 1.82) is 0 Å². The molecule has 0 fully saturated rings. The number of carbonyl (C=O) groups is 2. The minimum atomic E-state index is -0.641. The Kier molecular flexibility index (Phi) is 6.93. The summed E-state index contributed by atoms with van der Waals surface area (Å²) in [5.41, 5.74) is 7.03. The van der Waals surface area contributed by atoms with Crippen molar-refractivity contribution in [2.45, 2.75) is 84.8 Å². The van der Waals surface area contributed by atoms with E-state index in [1.54, 1.807) is 0 Å². The summed E-state index contributed by atoms with van der Waals surface area (Å²) in [5, 5.41) is 0. The number of hydrogen-bond acceptors (Lipinski definition) is 6. The number of rotatable bonds is 8. The molecule has 0 unspecified atom stereocenters. The van der Waals surface area contributed by atoms with Gasteiger partial charge in [0, 0.05) is 23.8 Å². The van der Waals surface area contributed by atoms with Crippen molar-refractivity contribution < 1.29 is 19.1 Å². The van der Waals surface area contributed by atoms with Crippen LogP contribution in [0.5, 0.6) is 0 Å². The molecule has 0 amide bonds. The molecule has 1 aliphatic rings. The molecule has 4 rings (SSSR count). The lowest BCUT2D eigenvalue weighted by Crippen LogP contribution is -2.30. The van der Waals surface area contributed by atoms with E-state index in [1.165, 1.54) is 0 Å². The maximum Gasteiger partial charge on any atom is 0.306 e. The average molecular weight is 475 g/mol. The van der Waals surface area contributed by atoms with Gasteiger partial charge >= 0.3 is 11.9 Å². The molecule has 35 heavy (non-hydrogen) atoms. The van der Waals surface area contributed by atoms with E-state index in [0.29, 0.717) is 12.8 Å². The number of benzene rings is 2. The van der Waals surface area contributed by atoms with Crippen LogP contribution in [0.25, 0.3) is 22.3 Å². The van der Waals surface area contributed by atoms with Gasteiger partial charge in [0.25, 0.3) is 0 Å². The minimum absolute atomic E-state index is 0.183. The molecule has 2 aromatic carbocycles. The fraction of sp³-hybridized carbons (Fsp3) is 0.448. The van der Waals surface area contributed by atoms with Gasteiger partial charge in [-0.25, -0.2) is 9.97 Å². The summed E-state index contributed by atoms with van der Waals surface area (Å²) in [6.07, 6.45) is 1.02. The number of aryl methyl sites for hydroxylation is 2. The van der Waals surface area contributed by atoms with E-state index in [2.05, 4.69) is 38.1 Å². The van der Waals surface area contributed by atoms with Crippen molar-refractivity contribution in [3.63, 3.8) is 0 Å². The van der Waals surface area contributed by atoms with Crippen LogP contribution in [0, 0.1) is 13.8 Å². The van der Waals surface area contributed by atoms with Crippen molar-refractivity contribution >= 4 is 23.0 Å². The highest BCUT2D eigenvalue weighted by Crippen LogP contribution is 2.52. The van der Waals surface area contributed by atoms with E-state index in [4.69, 9.17) is 19.4 Å². The molecule has 1 aliphatic carbocycles. The number of carbonyl (C=O) groups excluding carboxylic acids is 2. The molecule has 0 radical (unpaired) electrons. The standard InChI is InChI=1S/C29H34N2O4/c1-17(2)34-25(32)11-13-29(14-12-26(33)35-18(3)4)22-10-8-7-9-21(22)27-28(29)31-24-16-20(6)19(5)15-23(24)30-27/h7-10,15-18H,11-14H2,1-6H3. The van der Waals surface area contributed by atoms with Gasteiger partial charge in [-0.3, -0.25) is 9.59 Å². The van der Waals surface area contributed by atoms with Crippen LogP contribution < -0.4 is 0 Å². The first-order chi connectivity index (χ1) is 16.6. The largest absolute Gasteiger partial charge is 0.463 e. The maximum atomic E-state index is 12.6. The van der Waals surface area contributed by atoms with E-state index in [1.807, 2.05) is 39.8 Å². The lowest BCUT2D eigenvalue weighted by molar-refractivity contribution is -0.147. The monoisotopic (exact) mass is 474 g/mol. The smallest absolute Gasteiger partial charge is 0.306 e. The molecule has 0 spiro atoms. The second-order valence-corrected chi connectivity index (χ2v) is 10.1. The second-order valence-electron chi connectivity index (χ2n) is 10.1. The third-order valence-electron chi connectivity index (χ3n) is 6.68. The highest BCUT2D eigenvalue weighted by atomic mass is 16.5. The average Bonchev–Trinajstić information content (AvgIpc) is 3.04.